The second kappa shape index (κ2) is 6.36. The predicted molar refractivity (Wildman–Crippen MR) is 85.3 cm³/mol. The molecule has 0 N–H and O–H groups in total. The zero-order chi connectivity index (χ0) is 16.4. The van der Waals surface area contributed by atoms with Crippen molar-refractivity contribution >= 4 is 5.91 Å². The summed E-state index contributed by atoms with van der Waals surface area (Å²) in [5.74, 6) is 0.0867. The molecule has 2 heterocycles. The molecular formula is C16H21N5O2. The first-order valence-corrected chi connectivity index (χ1v) is 7.96. The number of hydrogen-bond acceptors (Lipinski definition) is 4. The first-order chi connectivity index (χ1) is 11.1. The van der Waals surface area contributed by atoms with Crippen molar-refractivity contribution in [3.63, 3.8) is 0 Å². The molecule has 122 valence electrons. The average molecular weight is 315 g/mol. The summed E-state index contributed by atoms with van der Waals surface area (Å²) in [5, 5.41) is 8.01. The minimum Gasteiger partial charge on any atom is -0.340 e. The van der Waals surface area contributed by atoms with E-state index in [-0.39, 0.29) is 23.6 Å². The van der Waals surface area contributed by atoms with Crippen molar-refractivity contribution in [1.82, 2.24) is 24.7 Å². The molecule has 1 fully saturated rings. The van der Waals surface area contributed by atoms with Crippen molar-refractivity contribution < 1.29 is 4.79 Å². The highest BCUT2D eigenvalue weighted by atomic mass is 16.2. The van der Waals surface area contributed by atoms with E-state index < -0.39 is 0 Å². The van der Waals surface area contributed by atoms with Crippen molar-refractivity contribution in [3.8, 4) is 5.69 Å². The van der Waals surface area contributed by atoms with E-state index in [0.29, 0.717) is 12.2 Å². The number of likely N-dealkylation sites (tertiary alicyclic amines) is 1. The molecule has 0 saturated carbocycles. The van der Waals surface area contributed by atoms with E-state index in [4.69, 9.17) is 0 Å². The zero-order valence-corrected chi connectivity index (χ0v) is 13.4. The second-order valence-corrected chi connectivity index (χ2v) is 6.19. The monoisotopic (exact) mass is 315 g/mol. The number of amides is 1. The van der Waals surface area contributed by atoms with Gasteiger partial charge in [0, 0.05) is 19.0 Å². The van der Waals surface area contributed by atoms with Crippen LogP contribution < -0.4 is 5.69 Å². The molecule has 1 aliphatic rings. The zero-order valence-electron chi connectivity index (χ0n) is 13.4. The van der Waals surface area contributed by atoms with Gasteiger partial charge < -0.3 is 4.90 Å². The fourth-order valence-corrected chi connectivity index (χ4v) is 2.94. The maximum Gasteiger partial charge on any atom is 0.368 e. The van der Waals surface area contributed by atoms with Gasteiger partial charge in [0.2, 0.25) is 5.91 Å². The highest BCUT2D eigenvalue weighted by Gasteiger charge is 2.28. The quantitative estimate of drug-likeness (QED) is 0.854. The van der Waals surface area contributed by atoms with Crippen LogP contribution in [-0.2, 0) is 4.79 Å². The summed E-state index contributed by atoms with van der Waals surface area (Å²) < 4.78 is 2.70. The molecule has 1 aromatic carbocycles. The minimum absolute atomic E-state index is 0.0366. The van der Waals surface area contributed by atoms with Gasteiger partial charge in [-0.25, -0.2) is 4.79 Å². The van der Waals surface area contributed by atoms with Crippen LogP contribution in [0.15, 0.2) is 35.1 Å². The molecule has 0 bridgehead atoms. The molecule has 1 amide bonds. The normalized spacial score (nSPS) is 18.4. The summed E-state index contributed by atoms with van der Waals surface area (Å²) in [6.07, 6.45) is 1.70. The summed E-state index contributed by atoms with van der Waals surface area (Å²) >= 11 is 0. The van der Waals surface area contributed by atoms with Gasteiger partial charge in [0.1, 0.15) is 0 Å². The number of para-hydroxylation sites is 1. The number of carbonyl (C=O) groups excluding carboxylic acids is 1. The lowest BCUT2D eigenvalue weighted by Gasteiger charge is -2.33. The van der Waals surface area contributed by atoms with Crippen LogP contribution in [0.1, 0.15) is 32.7 Å². The summed E-state index contributed by atoms with van der Waals surface area (Å²) in [7, 11) is 0. The van der Waals surface area contributed by atoms with Gasteiger partial charge in [-0.15, -0.1) is 0 Å². The average Bonchev–Trinajstić information content (AvgIpc) is 2.96. The Bertz CT molecular complexity index is 734. The molecule has 2 aromatic rings. The van der Waals surface area contributed by atoms with Crippen LogP contribution in [0.4, 0.5) is 0 Å². The highest BCUT2D eigenvalue weighted by molar-refractivity contribution is 5.78. The van der Waals surface area contributed by atoms with E-state index in [9.17, 15) is 9.59 Å². The van der Waals surface area contributed by atoms with Crippen LogP contribution >= 0.6 is 0 Å². The number of aromatic nitrogens is 4. The Morgan fingerprint density at radius 1 is 1.22 bits per heavy atom. The lowest BCUT2D eigenvalue weighted by atomic mass is 10.0. The van der Waals surface area contributed by atoms with Crippen LogP contribution in [0.3, 0.4) is 0 Å². The number of benzene rings is 1. The maximum absolute atomic E-state index is 12.6. The standard InChI is InChI=1S/C16H21N5O2/c1-12(2)15(22)19-10-6-9-14(11-19)21-16(23)20(17-18-21)13-7-4-3-5-8-13/h3-5,7-8,12,14H,6,9-11H2,1-2H3/t14-/m1/s1. The largest absolute Gasteiger partial charge is 0.368 e. The van der Waals surface area contributed by atoms with Crippen LogP contribution in [-0.4, -0.2) is 43.7 Å². The topological polar surface area (TPSA) is 73.0 Å². The van der Waals surface area contributed by atoms with Crippen molar-refractivity contribution in [2.75, 3.05) is 13.1 Å². The van der Waals surface area contributed by atoms with E-state index in [1.807, 2.05) is 49.1 Å². The fraction of sp³-hybridized carbons (Fsp3) is 0.500. The second-order valence-electron chi connectivity index (χ2n) is 6.19. The molecular weight excluding hydrogens is 294 g/mol. The highest BCUT2D eigenvalue weighted by Crippen LogP contribution is 2.20. The van der Waals surface area contributed by atoms with Crippen molar-refractivity contribution in [1.29, 1.82) is 0 Å². The van der Waals surface area contributed by atoms with Crippen LogP contribution in [0, 0.1) is 5.92 Å². The molecule has 1 aromatic heterocycles. The van der Waals surface area contributed by atoms with E-state index in [2.05, 4.69) is 10.4 Å². The Morgan fingerprint density at radius 2 is 1.96 bits per heavy atom. The summed E-state index contributed by atoms with van der Waals surface area (Å²) in [4.78, 5) is 26.6. The van der Waals surface area contributed by atoms with Crippen molar-refractivity contribution in [2.45, 2.75) is 32.7 Å². The molecule has 7 nitrogen and oxygen atoms in total. The predicted octanol–water partition coefficient (Wildman–Crippen LogP) is 1.25. The number of piperidine rings is 1. The molecule has 0 aliphatic carbocycles. The Balaban J connectivity index is 1.84. The number of hydrogen-bond donors (Lipinski definition) is 0. The lowest BCUT2D eigenvalue weighted by Crippen LogP contribution is -2.44. The van der Waals surface area contributed by atoms with Gasteiger partial charge in [-0.05, 0) is 35.4 Å². The third kappa shape index (κ3) is 3.04. The van der Waals surface area contributed by atoms with Gasteiger partial charge in [0.15, 0.2) is 0 Å². The molecule has 1 aliphatic heterocycles. The van der Waals surface area contributed by atoms with Crippen molar-refractivity contribution in [3.05, 3.63) is 40.8 Å². The van der Waals surface area contributed by atoms with Crippen LogP contribution in [0.25, 0.3) is 5.69 Å². The first kappa shape index (κ1) is 15.5. The van der Waals surface area contributed by atoms with Gasteiger partial charge in [-0.2, -0.15) is 9.36 Å². The molecule has 1 saturated heterocycles. The lowest BCUT2D eigenvalue weighted by molar-refractivity contribution is -0.136. The molecule has 0 radical (unpaired) electrons. The maximum atomic E-state index is 12.6. The summed E-state index contributed by atoms with van der Waals surface area (Å²) in [6, 6.07) is 9.10. The number of rotatable bonds is 3. The number of nitrogens with zero attached hydrogens (tertiary/aromatic N) is 5. The summed E-state index contributed by atoms with van der Waals surface area (Å²) in [6.45, 7) is 5.05. The summed E-state index contributed by atoms with van der Waals surface area (Å²) in [5.41, 5.74) is 0.426. The third-order valence-corrected chi connectivity index (χ3v) is 4.15. The minimum atomic E-state index is -0.264. The molecule has 0 unspecified atom stereocenters. The van der Waals surface area contributed by atoms with Gasteiger partial charge in [0.05, 0.1) is 11.7 Å². The fourth-order valence-electron chi connectivity index (χ4n) is 2.94. The van der Waals surface area contributed by atoms with E-state index in [1.165, 1.54) is 9.36 Å². The van der Waals surface area contributed by atoms with Crippen LogP contribution in [0.5, 0.6) is 0 Å². The van der Waals surface area contributed by atoms with Gasteiger partial charge in [-0.1, -0.05) is 32.0 Å². The smallest absolute Gasteiger partial charge is 0.340 e. The van der Waals surface area contributed by atoms with E-state index in [1.54, 1.807) is 0 Å². The number of carbonyl (C=O) groups is 1. The SMILES string of the molecule is CC(C)C(=O)N1CCC[C@@H](n2nnn(-c3ccccc3)c2=O)C1. The molecule has 23 heavy (non-hydrogen) atoms. The van der Waals surface area contributed by atoms with E-state index >= 15 is 0 Å². The Labute approximate surface area is 134 Å². The van der Waals surface area contributed by atoms with E-state index in [0.717, 1.165) is 19.4 Å². The molecule has 1 atom stereocenters. The van der Waals surface area contributed by atoms with Gasteiger partial charge in [0.25, 0.3) is 0 Å². The Morgan fingerprint density at radius 3 is 2.65 bits per heavy atom. The Kier molecular flexibility index (Phi) is 4.27. The third-order valence-electron chi connectivity index (χ3n) is 4.15. The van der Waals surface area contributed by atoms with Crippen LogP contribution in [0.2, 0.25) is 0 Å². The first-order valence-electron chi connectivity index (χ1n) is 7.96. The Hall–Kier alpha value is -2.44. The van der Waals surface area contributed by atoms with Crippen molar-refractivity contribution in [2.24, 2.45) is 5.92 Å². The molecule has 7 heteroatoms. The molecule has 3 rings (SSSR count). The van der Waals surface area contributed by atoms with Gasteiger partial charge >= 0.3 is 5.69 Å². The van der Waals surface area contributed by atoms with Gasteiger partial charge in [-0.3, -0.25) is 4.79 Å². The molecule has 0 spiro atoms. The number of tetrazole rings is 1.